The molecule has 0 spiro atoms. The summed E-state index contributed by atoms with van der Waals surface area (Å²) in [4.78, 5) is 6.66. The van der Waals surface area contributed by atoms with Crippen molar-refractivity contribution in [3.05, 3.63) is 66.0 Å². The van der Waals surface area contributed by atoms with Crippen LogP contribution in [0, 0.1) is 11.7 Å². The van der Waals surface area contributed by atoms with Gasteiger partial charge in [-0.25, -0.2) is 4.39 Å². The highest BCUT2D eigenvalue weighted by atomic mass is 19.1. The maximum absolute atomic E-state index is 13.4. The quantitative estimate of drug-likeness (QED) is 0.613. The Morgan fingerprint density at radius 1 is 1.11 bits per heavy atom. The van der Waals surface area contributed by atoms with E-state index < -0.39 is 0 Å². The molecular formula is C23H29FN4. The zero-order valence-electron chi connectivity index (χ0n) is 16.4. The molecule has 2 fully saturated rings. The number of guanidine groups is 1. The second kappa shape index (κ2) is 8.63. The minimum atomic E-state index is -0.170. The number of nitrogens with one attached hydrogen (secondary N) is 2. The topological polar surface area (TPSA) is 39.7 Å². The van der Waals surface area contributed by atoms with Crippen LogP contribution in [0.4, 0.5) is 10.1 Å². The van der Waals surface area contributed by atoms with E-state index in [1.165, 1.54) is 18.1 Å². The summed E-state index contributed by atoms with van der Waals surface area (Å²) >= 11 is 0. The van der Waals surface area contributed by atoms with Gasteiger partial charge in [-0.05, 0) is 54.9 Å². The normalized spacial score (nSPS) is 22.8. The van der Waals surface area contributed by atoms with E-state index in [4.69, 9.17) is 0 Å². The van der Waals surface area contributed by atoms with E-state index in [2.05, 4.69) is 50.9 Å². The first-order valence-corrected chi connectivity index (χ1v) is 10.3. The number of anilines is 1. The van der Waals surface area contributed by atoms with Crippen molar-refractivity contribution < 1.29 is 4.39 Å². The molecule has 2 aliphatic rings. The van der Waals surface area contributed by atoms with Gasteiger partial charge in [0.05, 0.1) is 0 Å². The first kappa shape index (κ1) is 18.8. The van der Waals surface area contributed by atoms with Crippen molar-refractivity contribution in [1.82, 2.24) is 10.6 Å². The molecule has 1 heterocycles. The molecule has 2 atom stereocenters. The Labute approximate surface area is 166 Å². The maximum Gasteiger partial charge on any atom is 0.191 e. The standard InChI is InChI=1S/C23H29FN4/c1-25-23(26-16-18-14-22(18)17-6-3-2-4-7-17)27-20-10-12-28(13-11-20)21-9-5-8-19(24)15-21/h2-9,15,18,20,22H,10-14,16H2,1H3,(H2,25,26,27). The van der Waals surface area contributed by atoms with Crippen LogP contribution in [0.1, 0.15) is 30.7 Å². The van der Waals surface area contributed by atoms with E-state index in [0.717, 1.165) is 44.1 Å². The van der Waals surface area contributed by atoms with E-state index in [1.807, 2.05) is 13.1 Å². The van der Waals surface area contributed by atoms with Crippen LogP contribution in [-0.4, -0.2) is 38.7 Å². The molecule has 2 unspecified atom stereocenters. The highest BCUT2D eigenvalue weighted by molar-refractivity contribution is 5.80. The number of benzene rings is 2. The third-order valence-corrected chi connectivity index (χ3v) is 5.91. The number of hydrogen-bond donors (Lipinski definition) is 2. The molecule has 0 radical (unpaired) electrons. The fourth-order valence-electron chi connectivity index (χ4n) is 4.15. The van der Waals surface area contributed by atoms with Crippen molar-refractivity contribution in [3.63, 3.8) is 0 Å². The molecule has 2 N–H and O–H groups in total. The van der Waals surface area contributed by atoms with Crippen molar-refractivity contribution in [2.45, 2.75) is 31.2 Å². The molecule has 4 nitrogen and oxygen atoms in total. The smallest absolute Gasteiger partial charge is 0.191 e. The molecule has 0 aromatic heterocycles. The zero-order chi connectivity index (χ0) is 19.3. The lowest BCUT2D eigenvalue weighted by Gasteiger charge is -2.34. The fourth-order valence-corrected chi connectivity index (χ4v) is 4.15. The molecule has 2 aromatic carbocycles. The molecule has 1 saturated carbocycles. The molecule has 1 saturated heterocycles. The number of hydrogen-bond acceptors (Lipinski definition) is 2. The third kappa shape index (κ3) is 4.64. The summed E-state index contributed by atoms with van der Waals surface area (Å²) < 4.78 is 13.4. The Morgan fingerprint density at radius 3 is 2.61 bits per heavy atom. The summed E-state index contributed by atoms with van der Waals surface area (Å²) in [7, 11) is 1.83. The molecule has 0 amide bonds. The maximum atomic E-state index is 13.4. The lowest BCUT2D eigenvalue weighted by Crippen LogP contribution is -2.49. The van der Waals surface area contributed by atoms with Crippen molar-refractivity contribution in [2.24, 2.45) is 10.9 Å². The average Bonchev–Trinajstić information content (AvgIpc) is 3.52. The van der Waals surface area contributed by atoms with E-state index in [1.54, 1.807) is 12.1 Å². The van der Waals surface area contributed by atoms with E-state index in [9.17, 15) is 4.39 Å². The summed E-state index contributed by atoms with van der Waals surface area (Å²) in [5, 5.41) is 7.07. The van der Waals surface area contributed by atoms with Crippen molar-refractivity contribution in [3.8, 4) is 0 Å². The monoisotopic (exact) mass is 380 g/mol. The molecular weight excluding hydrogens is 351 g/mol. The number of rotatable bonds is 5. The van der Waals surface area contributed by atoms with Crippen molar-refractivity contribution >= 4 is 11.6 Å². The van der Waals surface area contributed by atoms with E-state index in [0.29, 0.717) is 17.9 Å². The molecule has 0 bridgehead atoms. The van der Waals surface area contributed by atoms with E-state index >= 15 is 0 Å². The second-order valence-corrected chi connectivity index (χ2v) is 7.85. The average molecular weight is 381 g/mol. The Balaban J connectivity index is 1.21. The Kier molecular flexibility index (Phi) is 5.79. The predicted molar refractivity (Wildman–Crippen MR) is 113 cm³/mol. The van der Waals surface area contributed by atoms with Gasteiger partial charge in [0.1, 0.15) is 5.82 Å². The van der Waals surface area contributed by atoms with Crippen molar-refractivity contribution in [2.75, 3.05) is 31.6 Å². The zero-order valence-corrected chi connectivity index (χ0v) is 16.4. The van der Waals surface area contributed by atoms with Crippen LogP contribution in [0.3, 0.4) is 0 Å². The number of halogens is 1. The second-order valence-electron chi connectivity index (χ2n) is 7.85. The van der Waals surface area contributed by atoms with Crippen molar-refractivity contribution in [1.29, 1.82) is 0 Å². The van der Waals surface area contributed by atoms with Crippen LogP contribution in [0.2, 0.25) is 0 Å². The molecule has 4 rings (SSSR count). The summed E-state index contributed by atoms with van der Waals surface area (Å²) in [6, 6.07) is 18.0. The molecule has 5 heteroatoms. The largest absolute Gasteiger partial charge is 0.371 e. The van der Waals surface area contributed by atoms with Gasteiger partial charge < -0.3 is 15.5 Å². The third-order valence-electron chi connectivity index (χ3n) is 5.91. The first-order valence-electron chi connectivity index (χ1n) is 10.3. The molecule has 148 valence electrons. The Bertz CT molecular complexity index is 799. The molecule has 1 aliphatic heterocycles. The SMILES string of the molecule is CN=C(NCC1CC1c1ccccc1)NC1CCN(c2cccc(F)c2)CC1. The fraction of sp³-hybridized carbons (Fsp3) is 0.435. The Hall–Kier alpha value is -2.56. The van der Waals surface area contributed by atoms with Crippen LogP contribution >= 0.6 is 0 Å². The van der Waals surface area contributed by atoms with Crippen LogP contribution in [0.5, 0.6) is 0 Å². The minimum absolute atomic E-state index is 0.170. The molecule has 2 aromatic rings. The van der Waals surface area contributed by atoms with Gasteiger partial charge in [-0.1, -0.05) is 36.4 Å². The number of piperidine rings is 1. The lowest BCUT2D eigenvalue weighted by molar-refractivity contribution is 0.460. The van der Waals surface area contributed by atoms with Crippen LogP contribution in [0.15, 0.2) is 59.6 Å². The van der Waals surface area contributed by atoms with Crippen LogP contribution in [0.25, 0.3) is 0 Å². The Morgan fingerprint density at radius 2 is 1.89 bits per heavy atom. The predicted octanol–water partition coefficient (Wildman–Crippen LogP) is 3.76. The van der Waals surface area contributed by atoms with E-state index in [-0.39, 0.29) is 5.82 Å². The number of aliphatic imine (C=N–C) groups is 1. The van der Waals surface area contributed by atoms with Gasteiger partial charge in [0.25, 0.3) is 0 Å². The summed E-state index contributed by atoms with van der Waals surface area (Å²) in [5.41, 5.74) is 2.42. The molecule has 1 aliphatic carbocycles. The van der Waals surface area contributed by atoms with Gasteiger partial charge in [0.2, 0.25) is 0 Å². The van der Waals surface area contributed by atoms with Gasteiger partial charge in [-0.15, -0.1) is 0 Å². The van der Waals surface area contributed by atoms with Gasteiger partial charge >= 0.3 is 0 Å². The molecule has 28 heavy (non-hydrogen) atoms. The summed E-state index contributed by atoms with van der Waals surface area (Å²) in [5.74, 6) is 2.09. The summed E-state index contributed by atoms with van der Waals surface area (Å²) in [6.45, 7) is 2.81. The summed E-state index contributed by atoms with van der Waals surface area (Å²) in [6.07, 6.45) is 3.29. The highest BCUT2D eigenvalue weighted by Gasteiger charge is 2.37. The first-order chi connectivity index (χ1) is 13.7. The van der Waals surface area contributed by atoms with Gasteiger partial charge in [0.15, 0.2) is 5.96 Å². The van der Waals surface area contributed by atoms with Crippen LogP contribution in [-0.2, 0) is 0 Å². The van der Waals surface area contributed by atoms with Gasteiger partial charge in [-0.3, -0.25) is 4.99 Å². The lowest BCUT2D eigenvalue weighted by atomic mass is 10.0. The van der Waals surface area contributed by atoms with Gasteiger partial charge in [-0.2, -0.15) is 0 Å². The number of nitrogens with zero attached hydrogens (tertiary/aromatic N) is 2. The van der Waals surface area contributed by atoms with Crippen LogP contribution < -0.4 is 15.5 Å². The highest BCUT2D eigenvalue weighted by Crippen LogP contribution is 2.46. The van der Waals surface area contributed by atoms with Gasteiger partial charge in [0, 0.05) is 38.4 Å². The minimum Gasteiger partial charge on any atom is -0.371 e.